The topological polar surface area (TPSA) is 51.1 Å². The summed E-state index contributed by atoms with van der Waals surface area (Å²) in [5, 5.41) is 0. The Kier molecular flexibility index (Phi) is 3.25. The fourth-order valence-electron chi connectivity index (χ4n) is 2.43. The van der Waals surface area contributed by atoms with Gasteiger partial charge in [0.1, 0.15) is 5.60 Å². The summed E-state index contributed by atoms with van der Waals surface area (Å²) in [6.45, 7) is 7.92. The second-order valence-electron chi connectivity index (χ2n) is 6.25. The predicted octanol–water partition coefficient (Wildman–Crippen LogP) is 2.06. The van der Waals surface area contributed by atoms with E-state index in [0.717, 1.165) is 38.4 Å². The van der Waals surface area contributed by atoms with E-state index in [1.807, 2.05) is 20.8 Å². The molecule has 0 aromatic carbocycles. The van der Waals surface area contributed by atoms with Gasteiger partial charge in [-0.25, -0.2) is 4.79 Å². The van der Waals surface area contributed by atoms with Gasteiger partial charge in [0.05, 0.1) is 13.7 Å². The molecule has 18 heavy (non-hydrogen) atoms. The Labute approximate surface area is 108 Å². The van der Waals surface area contributed by atoms with Crippen molar-refractivity contribution in [2.24, 2.45) is 10.4 Å². The number of ether oxygens (including phenoxy) is 2. The van der Waals surface area contributed by atoms with E-state index in [2.05, 4.69) is 4.99 Å². The number of carbonyl (C=O) groups excluding carboxylic acids is 1. The van der Waals surface area contributed by atoms with Gasteiger partial charge in [0.15, 0.2) is 5.90 Å². The summed E-state index contributed by atoms with van der Waals surface area (Å²) >= 11 is 0. The van der Waals surface area contributed by atoms with Crippen LogP contribution in [0.2, 0.25) is 0 Å². The van der Waals surface area contributed by atoms with Crippen molar-refractivity contribution in [2.45, 2.75) is 39.2 Å². The molecule has 5 nitrogen and oxygen atoms in total. The number of rotatable bonds is 0. The zero-order valence-corrected chi connectivity index (χ0v) is 11.7. The molecule has 102 valence electrons. The number of hydrogen-bond acceptors (Lipinski definition) is 4. The summed E-state index contributed by atoms with van der Waals surface area (Å²) in [5.74, 6) is 0.830. The number of likely N-dealkylation sites (tertiary alicyclic amines) is 1. The summed E-state index contributed by atoms with van der Waals surface area (Å²) in [7, 11) is 1.66. The minimum absolute atomic E-state index is 0.166. The van der Waals surface area contributed by atoms with Gasteiger partial charge in [0.25, 0.3) is 0 Å². The fraction of sp³-hybridized carbons (Fsp3) is 0.846. The quantitative estimate of drug-likeness (QED) is 0.665. The van der Waals surface area contributed by atoms with Crippen molar-refractivity contribution in [3.8, 4) is 0 Å². The Balaban J connectivity index is 1.84. The van der Waals surface area contributed by atoms with Crippen molar-refractivity contribution < 1.29 is 14.3 Å². The van der Waals surface area contributed by atoms with Crippen LogP contribution in [0.1, 0.15) is 33.6 Å². The van der Waals surface area contributed by atoms with Crippen molar-refractivity contribution in [1.29, 1.82) is 0 Å². The summed E-state index contributed by atoms with van der Waals surface area (Å²) in [4.78, 5) is 18.0. The molecule has 0 N–H and O–H groups in total. The molecule has 2 aliphatic rings. The van der Waals surface area contributed by atoms with Crippen LogP contribution >= 0.6 is 0 Å². The van der Waals surface area contributed by atoms with Gasteiger partial charge in [0, 0.05) is 24.9 Å². The minimum Gasteiger partial charge on any atom is -0.484 e. The zero-order valence-electron chi connectivity index (χ0n) is 11.7. The smallest absolute Gasteiger partial charge is 0.410 e. The van der Waals surface area contributed by atoms with Crippen LogP contribution in [0.15, 0.2) is 4.99 Å². The van der Waals surface area contributed by atoms with Crippen molar-refractivity contribution in [2.75, 3.05) is 26.7 Å². The molecule has 1 amide bonds. The van der Waals surface area contributed by atoms with Crippen LogP contribution in [-0.2, 0) is 9.47 Å². The molecule has 0 unspecified atom stereocenters. The molecular formula is C13H22N2O3. The van der Waals surface area contributed by atoms with Crippen LogP contribution in [0, 0.1) is 5.41 Å². The van der Waals surface area contributed by atoms with Crippen LogP contribution < -0.4 is 0 Å². The molecule has 0 aromatic heterocycles. The van der Waals surface area contributed by atoms with Gasteiger partial charge in [-0.2, -0.15) is 0 Å². The minimum atomic E-state index is -0.423. The van der Waals surface area contributed by atoms with Gasteiger partial charge in [-0.3, -0.25) is 4.99 Å². The van der Waals surface area contributed by atoms with E-state index in [9.17, 15) is 4.79 Å². The molecule has 0 atom stereocenters. The third-order valence-electron chi connectivity index (χ3n) is 3.40. The Morgan fingerprint density at radius 2 is 2.06 bits per heavy atom. The van der Waals surface area contributed by atoms with Gasteiger partial charge < -0.3 is 14.4 Å². The lowest BCUT2D eigenvalue weighted by molar-refractivity contribution is -0.0353. The van der Waals surface area contributed by atoms with Crippen LogP contribution in [-0.4, -0.2) is 49.2 Å². The standard InChI is InChI=1S/C13H22N2O3/c1-12(2,3)18-11(16)15-8-13(9-15)6-5-10(17-4)14-7-13/h5-9H2,1-4H3. The lowest BCUT2D eigenvalue weighted by Crippen LogP contribution is -2.61. The average molecular weight is 254 g/mol. The number of methoxy groups -OCH3 is 1. The first-order valence-corrected chi connectivity index (χ1v) is 6.39. The van der Waals surface area contributed by atoms with Crippen LogP contribution in [0.5, 0.6) is 0 Å². The number of amides is 1. The highest BCUT2D eigenvalue weighted by atomic mass is 16.6. The first-order chi connectivity index (χ1) is 8.34. The lowest BCUT2D eigenvalue weighted by Gasteiger charge is -2.50. The molecule has 0 saturated carbocycles. The maximum atomic E-state index is 11.8. The zero-order chi connectivity index (χ0) is 13.4. The molecule has 0 bridgehead atoms. The van der Waals surface area contributed by atoms with Gasteiger partial charge in [-0.05, 0) is 27.2 Å². The summed E-state index contributed by atoms with van der Waals surface area (Å²) in [6, 6.07) is 0. The summed E-state index contributed by atoms with van der Waals surface area (Å²) < 4.78 is 10.5. The predicted molar refractivity (Wildman–Crippen MR) is 68.8 cm³/mol. The molecule has 0 aromatic rings. The summed E-state index contributed by atoms with van der Waals surface area (Å²) in [6.07, 6.45) is 1.70. The first kappa shape index (κ1) is 13.2. The van der Waals surface area contributed by atoms with E-state index in [0.29, 0.717) is 0 Å². The molecule has 2 aliphatic heterocycles. The van der Waals surface area contributed by atoms with E-state index in [4.69, 9.17) is 9.47 Å². The molecule has 5 heteroatoms. The maximum absolute atomic E-state index is 11.8. The first-order valence-electron chi connectivity index (χ1n) is 6.39. The third-order valence-corrected chi connectivity index (χ3v) is 3.40. The normalized spacial score (nSPS) is 22.2. The molecule has 2 rings (SSSR count). The van der Waals surface area contributed by atoms with Crippen molar-refractivity contribution in [3.63, 3.8) is 0 Å². The molecule has 0 radical (unpaired) electrons. The average Bonchev–Trinajstić information content (AvgIpc) is 2.23. The highest BCUT2D eigenvalue weighted by Gasteiger charge is 2.47. The van der Waals surface area contributed by atoms with E-state index in [1.54, 1.807) is 12.0 Å². The molecule has 1 saturated heterocycles. The van der Waals surface area contributed by atoms with E-state index in [-0.39, 0.29) is 11.5 Å². The highest BCUT2D eigenvalue weighted by Crippen LogP contribution is 2.38. The third kappa shape index (κ3) is 2.76. The van der Waals surface area contributed by atoms with Crippen molar-refractivity contribution in [3.05, 3.63) is 0 Å². The Bertz CT molecular complexity index is 365. The molecule has 1 spiro atoms. The molecule has 0 aliphatic carbocycles. The number of aliphatic imine (C=N–C) groups is 1. The Hall–Kier alpha value is -1.26. The van der Waals surface area contributed by atoms with Crippen LogP contribution in [0.4, 0.5) is 4.79 Å². The maximum Gasteiger partial charge on any atom is 0.410 e. The highest BCUT2D eigenvalue weighted by molar-refractivity contribution is 5.77. The van der Waals surface area contributed by atoms with Gasteiger partial charge >= 0.3 is 6.09 Å². The van der Waals surface area contributed by atoms with Gasteiger partial charge in [-0.1, -0.05) is 0 Å². The van der Waals surface area contributed by atoms with Crippen molar-refractivity contribution >= 4 is 12.0 Å². The fourth-order valence-corrected chi connectivity index (χ4v) is 2.43. The number of nitrogens with zero attached hydrogens (tertiary/aromatic N) is 2. The lowest BCUT2D eigenvalue weighted by atomic mass is 9.75. The van der Waals surface area contributed by atoms with Crippen LogP contribution in [0.25, 0.3) is 0 Å². The van der Waals surface area contributed by atoms with E-state index < -0.39 is 5.60 Å². The van der Waals surface area contributed by atoms with E-state index >= 15 is 0 Å². The molecular weight excluding hydrogens is 232 g/mol. The Morgan fingerprint density at radius 1 is 1.39 bits per heavy atom. The summed E-state index contributed by atoms with van der Waals surface area (Å²) in [5.41, 5.74) is -0.257. The number of hydrogen-bond donors (Lipinski definition) is 0. The van der Waals surface area contributed by atoms with E-state index in [1.165, 1.54) is 0 Å². The van der Waals surface area contributed by atoms with Crippen LogP contribution in [0.3, 0.4) is 0 Å². The molecule has 1 fully saturated rings. The monoisotopic (exact) mass is 254 g/mol. The second kappa shape index (κ2) is 4.44. The van der Waals surface area contributed by atoms with Crippen molar-refractivity contribution in [1.82, 2.24) is 4.90 Å². The second-order valence-corrected chi connectivity index (χ2v) is 6.25. The molecule has 2 heterocycles. The van der Waals surface area contributed by atoms with Gasteiger partial charge in [0.2, 0.25) is 0 Å². The number of carbonyl (C=O) groups is 1. The van der Waals surface area contributed by atoms with Gasteiger partial charge in [-0.15, -0.1) is 0 Å². The Morgan fingerprint density at radius 3 is 2.50 bits per heavy atom. The SMILES string of the molecule is COC1=NCC2(CC1)CN(C(=O)OC(C)(C)C)C2. The largest absolute Gasteiger partial charge is 0.484 e.